The van der Waals surface area contributed by atoms with Crippen LogP contribution < -0.4 is 14.8 Å². The third-order valence-electron chi connectivity index (χ3n) is 3.92. The predicted octanol–water partition coefficient (Wildman–Crippen LogP) is 4.60. The topological polar surface area (TPSA) is 78.3 Å². The van der Waals surface area contributed by atoms with Crippen molar-refractivity contribution < 1.29 is 14.3 Å². The minimum atomic E-state index is -0.186. The number of halogens is 1. The zero-order valence-corrected chi connectivity index (χ0v) is 17.1. The van der Waals surface area contributed by atoms with Crippen LogP contribution in [-0.4, -0.2) is 27.5 Å². The van der Waals surface area contributed by atoms with Crippen LogP contribution in [0.4, 0.5) is 5.82 Å². The van der Waals surface area contributed by atoms with Crippen molar-refractivity contribution in [2.75, 3.05) is 12.1 Å². The fraction of sp³-hybridized carbons (Fsp3) is 0.118. The Kier molecular flexibility index (Phi) is 3.92. The van der Waals surface area contributed by atoms with Gasteiger partial charge >= 0.3 is 0 Å². The zero-order chi connectivity index (χ0) is 18.5. The van der Waals surface area contributed by atoms with Crippen molar-refractivity contribution in [2.24, 2.45) is 0 Å². The van der Waals surface area contributed by atoms with Crippen molar-refractivity contribution in [3.63, 3.8) is 0 Å². The molecule has 0 fully saturated rings. The third kappa shape index (κ3) is 2.99. The Bertz CT molecular complexity index is 1160. The second kappa shape index (κ2) is 6.32. The zero-order valence-electron chi connectivity index (χ0n) is 13.9. The molecular formula is C17H11BrN4O3S2. The van der Waals surface area contributed by atoms with E-state index in [1.54, 1.807) is 10.7 Å². The number of anilines is 1. The molecule has 0 atom stereocenters. The van der Waals surface area contributed by atoms with Gasteiger partial charge in [0, 0.05) is 18.2 Å². The molecule has 1 aliphatic rings. The average molecular weight is 463 g/mol. The summed E-state index contributed by atoms with van der Waals surface area (Å²) in [4.78, 5) is 17.8. The lowest BCUT2D eigenvalue weighted by Gasteiger charge is -2.05. The maximum atomic E-state index is 12.5. The number of amides is 1. The van der Waals surface area contributed by atoms with Crippen molar-refractivity contribution in [3.8, 4) is 16.6 Å². The van der Waals surface area contributed by atoms with Crippen molar-refractivity contribution >= 4 is 60.5 Å². The molecule has 3 aromatic heterocycles. The number of carbonyl (C=O) groups is 1. The van der Waals surface area contributed by atoms with Crippen LogP contribution in [0.1, 0.15) is 15.4 Å². The van der Waals surface area contributed by atoms with Crippen LogP contribution in [0.25, 0.3) is 15.3 Å². The molecule has 1 amide bonds. The number of carbonyl (C=O) groups excluding carboxylic acids is 1. The van der Waals surface area contributed by atoms with Gasteiger partial charge in [-0.15, -0.1) is 11.3 Å². The summed E-state index contributed by atoms with van der Waals surface area (Å²) in [5.41, 5.74) is 1.58. The number of aromatic nitrogens is 3. The van der Waals surface area contributed by atoms with Gasteiger partial charge in [0.1, 0.15) is 5.82 Å². The molecule has 4 aromatic rings. The van der Waals surface area contributed by atoms with Gasteiger partial charge in [0.05, 0.1) is 24.6 Å². The van der Waals surface area contributed by atoms with E-state index in [1.165, 1.54) is 22.7 Å². The molecule has 0 spiro atoms. The first kappa shape index (κ1) is 16.7. The fourth-order valence-corrected chi connectivity index (χ4v) is 4.97. The molecule has 1 N–H and O–H groups in total. The summed E-state index contributed by atoms with van der Waals surface area (Å²) in [6.07, 6.45) is 0. The number of rotatable bonds is 3. The lowest BCUT2D eigenvalue weighted by atomic mass is 10.3. The van der Waals surface area contributed by atoms with Gasteiger partial charge in [-0.05, 0) is 35.0 Å². The molecular weight excluding hydrogens is 452 g/mol. The van der Waals surface area contributed by atoms with E-state index in [2.05, 4.69) is 31.3 Å². The molecule has 7 nitrogen and oxygen atoms in total. The summed E-state index contributed by atoms with van der Waals surface area (Å²) in [5.74, 6) is 1.79. The lowest BCUT2D eigenvalue weighted by Crippen LogP contribution is -2.13. The van der Waals surface area contributed by atoms with Crippen molar-refractivity contribution in [1.82, 2.24) is 14.8 Å². The first-order chi connectivity index (χ1) is 13.1. The molecule has 0 saturated heterocycles. The number of thiophene rings is 1. The Morgan fingerprint density at radius 1 is 1.22 bits per heavy atom. The Hall–Kier alpha value is -2.43. The number of fused-ring (bicyclic) bond motifs is 2. The van der Waals surface area contributed by atoms with E-state index >= 15 is 0 Å². The molecule has 1 aliphatic heterocycles. The molecule has 0 bridgehead atoms. The molecule has 0 saturated carbocycles. The molecule has 0 unspecified atom stereocenters. The quantitative estimate of drug-likeness (QED) is 0.481. The number of nitrogens with one attached hydrogen (secondary N) is 1. The molecule has 0 radical (unpaired) electrons. The second-order valence-corrected chi connectivity index (χ2v) is 9.28. The summed E-state index contributed by atoms with van der Waals surface area (Å²) in [7, 11) is 0. The Labute approximate surface area is 169 Å². The van der Waals surface area contributed by atoms with Crippen LogP contribution >= 0.6 is 38.6 Å². The maximum absolute atomic E-state index is 12.5. The summed E-state index contributed by atoms with van der Waals surface area (Å²) >= 11 is 6.22. The van der Waals surface area contributed by atoms with Crippen LogP contribution in [0.5, 0.6) is 11.5 Å². The van der Waals surface area contributed by atoms with Crippen molar-refractivity contribution in [2.45, 2.75) is 6.92 Å². The van der Waals surface area contributed by atoms with E-state index in [-0.39, 0.29) is 12.7 Å². The van der Waals surface area contributed by atoms with Crippen molar-refractivity contribution in [3.05, 3.63) is 44.7 Å². The summed E-state index contributed by atoms with van der Waals surface area (Å²) in [6.45, 7) is 2.10. The molecule has 136 valence electrons. The number of hydrogen-bond acceptors (Lipinski definition) is 7. The van der Waals surface area contributed by atoms with E-state index in [9.17, 15) is 4.79 Å². The minimum absolute atomic E-state index is 0.186. The minimum Gasteiger partial charge on any atom is -0.454 e. The van der Waals surface area contributed by atoms with Gasteiger partial charge in [0.25, 0.3) is 5.91 Å². The fourth-order valence-electron chi connectivity index (χ4n) is 2.75. The Balaban J connectivity index is 1.52. The predicted molar refractivity (Wildman–Crippen MR) is 108 cm³/mol. The highest BCUT2D eigenvalue weighted by atomic mass is 79.9. The molecule has 1 aromatic carbocycles. The van der Waals surface area contributed by atoms with E-state index in [0.29, 0.717) is 27.3 Å². The highest BCUT2D eigenvalue weighted by Gasteiger charge is 2.19. The van der Waals surface area contributed by atoms with E-state index in [0.717, 1.165) is 19.7 Å². The van der Waals surface area contributed by atoms with Crippen LogP contribution in [0.3, 0.4) is 0 Å². The third-order valence-corrected chi connectivity index (χ3v) is 6.54. The number of nitrogens with zero attached hydrogens (tertiary/aromatic N) is 3. The van der Waals surface area contributed by atoms with Gasteiger partial charge in [0.2, 0.25) is 11.9 Å². The highest BCUT2D eigenvalue weighted by molar-refractivity contribution is 9.11. The number of thiazole rings is 1. The molecule has 5 rings (SSSR count). The SMILES string of the molecule is Cc1cc(NC(=O)c2ccc(Br)s2)n(-c2nc3cc4c(cc3s2)OCO4)n1. The van der Waals surface area contributed by atoms with Crippen LogP contribution in [0.2, 0.25) is 0 Å². The Morgan fingerprint density at radius 3 is 2.81 bits per heavy atom. The highest BCUT2D eigenvalue weighted by Crippen LogP contribution is 2.39. The van der Waals surface area contributed by atoms with Crippen molar-refractivity contribution in [1.29, 1.82) is 0 Å². The second-order valence-electron chi connectivity index (χ2n) is 5.81. The van der Waals surface area contributed by atoms with E-state index in [4.69, 9.17) is 9.47 Å². The van der Waals surface area contributed by atoms with E-state index < -0.39 is 0 Å². The van der Waals surface area contributed by atoms with Gasteiger partial charge < -0.3 is 14.8 Å². The van der Waals surface area contributed by atoms with Crippen LogP contribution in [0.15, 0.2) is 34.1 Å². The standard InChI is InChI=1S/C17H11BrN4O3S2/c1-8-4-15(20-16(23)12-2-3-14(18)26-12)22(21-8)17-19-9-5-10-11(25-7-24-10)6-13(9)27-17/h2-6H,7H2,1H3,(H,20,23). The first-order valence-electron chi connectivity index (χ1n) is 7.91. The van der Waals surface area contributed by atoms with Gasteiger partial charge in [-0.25, -0.2) is 4.98 Å². The van der Waals surface area contributed by atoms with Gasteiger partial charge in [0.15, 0.2) is 11.5 Å². The average Bonchev–Trinajstić information content (AvgIpc) is 3.38. The number of hydrogen-bond donors (Lipinski definition) is 1. The largest absolute Gasteiger partial charge is 0.454 e. The molecule has 0 aliphatic carbocycles. The molecule has 27 heavy (non-hydrogen) atoms. The normalized spacial score (nSPS) is 12.7. The Morgan fingerprint density at radius 2 is 2.04 bits per heavy atom. The number of aryl methyl sites for hydroxylation is 1. The van der Waals surface area contributed by atoms with Gasteiger partial charge in [-0.3, -0.25) is 4.79 Å². The smallest absolute Gasteiger partial charge is 0.266 e. The van der Waals surface area contributed by atoms with Gasteiger partial charge in [-0.1, -0.05) is 11.3 Å². The first-order valence-corrected chi connectivity index (χ1v) is 10.3. The lowest BCUT2D eigenvalue weighted by molar-refractivity contribution is 0.103. The summed E-state index contributed by atoms with van der Waals surface area (Å²) < 4.78 is 14.4. The van der Waals surface area contributed by atoms with Gasteiger partial charge in [-0.2, -0.15) is 9.78 Å². The van der Waals surface area contributed by atoms with E-state index in [1.807, 2.05) is 31.2 Å². The van der Waals surface area contributed by atoms with Crippen LogP contribution in [-0.2, 0) is 0 Å². The maximum Gasteiger partial charge on any atom is 0.266 e. The number of benzene rings is 1. The number of ether oxygens (including phenoxy) is 2. The monoisotopic (exact) mass is 462 g/mol. The molecule has 10 heteroatoms. The summed E-state index contributed by atoms with van der Waals surface area (Å²) in [6, 6.07) is 9.21. The van der Waals surface area contributed by atoms with Crippen LogP contribution in [0, 0.1) is 6.92 Å². The summed E-state index contributed by atoms with van der Waals surface area (Å²) in [5, 5.41) is 8.06. The molecule has 4 heterocycles.